The molecule has 30 heavy (non-hydrogen) atoms. The van der Waals surface area contributed by atoms with Crippen LogP contribution in [-0.2, 0) is 6.54 Å². The third-order valence-corrected chi connectivity index (χ3v) is 6.27. The van der Waals surface area contributed by atoms with Crippen LogP contribution in [0.3, 0.4) is 0 Å². The van der Waals surface area contributed by atoms with Crippen LogP contribution < -0.4 is 0 Å². The SMILES string of the molecule is OCCN1CCN(CCn2c(-c3ccc(Cl)cc3)cn3c4ccccc4nc23)CC1. The second-order valence-electron chi connectivity index (χ2n) is 7.85. The molecule has 0 radical (unpaired) electrons. The Bertz CT molecular complexity index is 1140. The van der Waals surface area contributed by atoms with Gasteiger partial charge in [-0.25, -0.2) is 4.98 Å². The van der Waals surface area contributed by atoms with E-state index in [-0.39, 0.29) is 6.61 Å². The molecule has 3 heterocycles. The lowest BCUT2D eigenvalue weighted by molar-refractivity contribution is 0.110. The molecule has 5 rings (SSSR count). The summed E-state index contributed by atoms with van der Waals surface area (Å²) >= 11 is 6.12. The van der Waals surface area contributed by atoms with E-state index in [0.29, 0.717) is 0 Å². The van der Waals surface area contributed by atoms with E-state index in [2.05, 4.69) is 55.3 Å². The quantitative estimate of drug-likeness (QED) is 0.517. The predicted molar refractivity (Wildman–Crippen MR) is 121 cm³/mol. The number of para-hydroxylation sites is 2. The minimum atomic E-state index is 0.235. The van der Waals surface area contributed by atoms with Crippen molar-refractivity contribution >= 4 is 28.4 Å². The van der Waals surface area contributed by atoms with Crippen molar-refractivity contribution in [3.05, 3.63) is 59.8 Å². The Morgan fingerprint density at radius 1 is 0.867 bits per heavy atom. The molecule has 6 nitrogen and oxygen atoms in total. The average Bonchev–Trinajstić information content (AvgIpc) is 3.30. The van der Waals surface area contributed by atoms with E-state index in [1.807, 2.05) is 18.2 Å². The van der Waals surface area contributed by atoms with Gasteiger partial charge in [-0.2, -0.15) is 0 Å². The number of halogens is 1. The van der Waals surface area contributed by atoms with Gasteiger partial charge in [0, 0.05) is 57.0 Å². The zero-order valence-electron chi connectivity index (χ0n) is 16.9. The molecule has 0 aliphatic carbocycles. The summed E-state index contributed by atoms with van der Waals surface area (Å²) in [6, 6.07) is 16.3. The third kappa shape index (κ3) is 3.72. The number of β-amino-alcohol motifs (C(OH)–C–C–N with tert-alkyl or cyclic N) is 1. The second kappa shape index (κ2) is 8.40. The van der Waals surface area contributed by atoms with Crippen molar-refractivity contribution in [1.82, 2.24) is 23.8 Å². The third-order valence-electron chi connectivity index (χ3n) is 6.02. The van der Waals surface area contributed by atoms with Gasteiger partial charge in [-0.15, -0.1) is 0 Å². The molecule has 0 unspecified atom stereocenters. The van der Waals surface area contributed by atoms with Crippen LogP contribution in [0.15, 0.2) is 54.7 Å². The Morgan fingerprint density at radius 3 is 2.30 bits per heavy atom. The molecule has 0 spiro atoms. The van der Waals surface area contributed by atoms with E-state index in [1.54, 1.807) is 0 Å². The smallest absolute Gasteiger partial charge is 0.215 e. The predicted octanol–water partition coefficient (Wildman–Crippen LogP) is 3.22. The minimum Gasteiger partial charge on any atom is -0.395 e. The van der Waals surface area contributed by atoms with Crippen LogP contribution in [0.4, 0.5) is 0 Å². The topological polar surface area (TPSA) is 48.9 Å². The molecule has 1 aliphatic rings. The van der Waals surface area contributed by atoms with Gasteiger partial charge in [0.05, 0.1) is 23.3 Å². The van der Waals surface area contributed by atoms with Gasteiger partial charge in [0.25, 0.3) is 0 Å². The Balaban J connectivity index is 1.46. The number of hydrogen-bond donors (Lipinski definition) is 1. The molecule has 1 N–H and O–H groups in total. The van der Waals surface area contributed by atoms with Crippen molar-refractivity contribution in [3.8, 4) is 11.3 Å². The number of hydrogen-bond acceptors (Lipinski definition) is 4. The molecule has 4 aromatic rings. The molecule has 0 saturated carbocycles. The first-order chi connectivity index (χ1) is 14.7. The van der Waals surface area contributed by atoms with Gasteiger partial charge in [0.1, 0.15) is 0 Å². The average molecular weight is 424 g/mol. The van der Waals surface area contributed by atoms with Crippen molar-refractivity contribution in [3.63, 3.8) is 0 Å². The number of nitrogens with zero attached hydrogens (tertiary/aromatic N) is 5. The van der Waals surface area contributed by atoms with Crippen LogP contribution in [0.5, 0.6) is 0 Å². The van der Waals surface area contributed by atoms with Crippen LogP contribution in [0, 0.1) is 0 Å². The number of piperazine rings is 1. The summed E-state index contributed by atoms with van der Waals surface area (Å²) < 4.78 is 4.52. The van der Waals surface area contributed by atoms with Crippen molar-refractivity contribution < 1.29 is 5.11 Å². The normalized spacial score (nSPS) is 16.1. The number of benzene rings is 2. The Kier molecular flexibility index (Phi) is 5.48. The molecule has 156 valence electrons. The highest BCUT2D eigenvalue weighted by molar-refractivity contribution is 6.30. The molecule has 2 aromatic heterocycles. The molecule has 0 amide bonds. The van der Waals surface area contributed by atoms with E-state index in [9.17, 15) is 0 Å². The summed E-state index contributed by atoms with van der Waals surface area (Å²) in [5, 5.41) is 9.90. The number of aliphatic hydroxyl groups excluding tert-OH is 1. The number of fused-ring (bicyclic) bond motifs is 3. The fraction of sp³-hybridized carbons (Fsp3) is 0.348. The summed E-state index contributed by atoms with van der Waals surface area (Å²) in [6.45, 7) is 6.94. The fourth-order valence-corrected chi connectivity index (χ4v) is 4.47. The van der Waals surface area contributed by atoms with Crippen LogP contribution >= 0.6 is 11.6 Å². The van der Waals surface area contributed by atoms with E-state index in [0.717, 1.165) is 78.9 Å². The van der Waals surface area contributed by atoms with Gasteiger partial charge >= 0.3 is 0 Å². The van der Waals surface area contributed by atoms with Crippen LogP contribution in [0.1, 0.15) is 0 Å². The zero-order valence-corrected chi connectivity index (χ0v) is 17.7. The monoisotopic (exact) mass is 423 g/mol. The summed E-state index contributed by atoms with van der Waals surface area (Å²) in [5.41, 5.74) is 4.43. The molecule has 1 aliphatic heterocycles. The first-order valence-electron chi connectivity index (χ1n) is 10.5. The van der Waals surface area contributed by atoms with E-state index in [4.69, 9.17) is 21.7 Å². The van der Waals surface area contributed by atoms with E-state index < -0.39 is 0 Å². The van der Waals surface area contributed by atoms with Gasteiger partial charge < -0.3 is 9.67 Å². The molecule has 1 saturated heterocycles. The van der Waals surface area contributed by atoms with Crippen LogP contribution in [0.25, 0.3) is 28.1 Å². The highest BCUT2D eigenvalue weighted by Gasteiger charge is 2.19. The van der Waals surface area contributed by atoms with Crippen molar-refractivity contribution in [2.45, 2.75) is 6.54 Å². The first-order valence-corrected chi connectivity index (χ1v) is 10.9. The molecule has 0 atom stereocenters. The summed E-state index contributed by atoms with van der Waals surface area (Å²) in [7, 11) is 0. The summed E-state index contributed by atoms with van der Waals surface area (Å²) in [4.78, 5) is 9.75. The first kappa shape index (κ1) is 19.6. The highest BCUT2D eigenvalue weighted by Crippen LogP contribution is 2.27. The van der Waals surface area contributed by atoms with Gasteiger partial charge in [-0.3, -0.25) is 14.2 Å². The zero-order chi connectivity index (χ0) is 20.5. The van der Waals surface area contributed by atoms with Gasteiger partial charge in [0.15, 0.2) is 0 Å². The number of rotatable bonds is 6. The maximum atomic E-state index is 9.15. The summed E-state index contributed by atoms with van der Waals surface area (Å²) in [6.07, 6.45) is 2.19. The van der Waals surface area contributed by atoms with Crippen LogP contribution in [0.2, 0.25) is 5.02 Å². The molecule has 0 bridgehead atoms. The van der Waals surface area contributed by atoms with Crippen LogP contribution in [-0.4, -0.2) is 74.7 Å². The van der Waals surface area contributed by atoms with Crippen molar-refractivity contribution in [2.75, 3.05) is 45.9 Å². The number of aromatic nitrogens is 3. The standard InChI is InChI=1S/C23H26ClN5O/c24-19-7-5-18(6-8-19)22-17-29-21-4-2-1-3-20(21)25-23(29)28(22)14-13-26-9-11-27(12-10-26)15-16-30/h1-8,17,30H,9-16H2. The molecule has 2 aromatic carbocycles. The maximum absolute atomic E-state index is 9.15. The van der Waals surface area contributed by atoms with Crippen molar-refractivity contribution in [2.24, 2.45) is 0 Å². The fourth-order valence-electron chi connectivity index (χ4n) is 4.34. The largest absolute Gasteiger partial charge is 0.395 e. The molecular formula is C23H26ClN5O. The lowest BCUT2D eigenvalue weighted by Gasteiger charge is -2.34. The Hall–Kier alpha value is -2.38. The van der Waals surface area contributed by atoms with Crippen molar-refractivity contribution in [1.29, 1.82) is 0 Å². The second-order valence-corrected chi connectivity index (χ2v) is 8.29. The Labute approximate surface area is 180 Å². The maximum Gasteiger partial charge on any atom is 0.215 e. The Morgan fingerprint density at radius 2 is 1.57 bits per heavy atom. The minimum absolute atomic E-state index is 0.235. The molecule has 1 fully saturated rings. The summed E-state index contributed by atoms with van der Waals surface area (Å²) in [5.74, 6) is 0.972. The van der Waals surface area contributed by atoms with Gasteiger partial charge in [-0.05, 0) is 29.8 Å². The van der Waals surface area contributed by atoms with E-state index in [1.165, 1.54) is 0 Å². The molecule has 7 heteroatoms. The molecular weight excluding hydrogens is 398 g/mol. The number of aliphatic hydroxyl groups is 1. The van der Waals surface area contributed by atoms with E-state index >= 15 is 0 Å². The highest BCUT2D eigenvalue weighted by atomic mass is 35.5. The van der Waals surface area contributed by atoms with Gasteiger partial charge in [0.2, 0.25) is 5.78 Å². The lowest BCUT2D eigenvalue weighted by Crippen LogP contribution is -2.47. The van der Waals surface area contributed by atoms with Gasteiger partial charge in [-0.1, -0.05) is 35.9 Å². The lowest BCUT2D eigenvalue weighted by atomic mass is 10.1. The number of imidazole rings is 2.